The molecule has 0 N–H and O–H groups in total. The van der Waals surface area contributed by atoms with Gasteiger partial charge >= 0.3 is 0 Å². The molecule has 162 valence electrons. The van der Waals surface area contributed by atoms with Crippen LogP contribution < -0.4 is 0 Å². The molecule has 0 atom stereocenters. The van der Waals surface area contributed by atoms with Crippen LogP contribution in [0.3, 0.4) is 0 Å². The van der Waals surface area contributed by atoms with Crippen molar-refractivity contribution < 1.29 is 8.42 Å². The van der Waals surface area contributed by atoms with Crippen LogP contribution in [-0.2, 0) is 16.4 Å². The smallest absolute Gasteiger partial charge is 0.178 e. The van der Waals surface area contributed by atoms with E-state index in [1.165, 1.54) is 0 Å². The number of sulfone groups is 1. The van der Waals surface area contributed by atoms with Crippen molar-refractivity contribution in [3.63, 3.8) is 0 Å². The number of hydrogen-bond acceptors (Lipinski definition) is 5. The highest BCUT2D eigenvalue weighted by Gasteiger charge is 2.19. The summed E-state index contributed by atoms with van der Waals surface area (Å²) in [6.45, 7) is 11.4. The second-order valence-corrected chi connectivity index (χ2v) is 9.65. The fourth-order valence-electron chi connectivity index (χ4n) is 3.38. The summed E-state index contributed by atoms with van der Waals surface area (Å²) in [5, 5.41) is 0. The molecule has 0 saturated carbocycles. The van der Waals surface area contributed by atoms with Crippen molar-refractivity contribution in [2.75, 3.05) is 31.9 Å². The third-order valence-electron chi connectivity index (χ3n) is 5.27. The number of halogens is 2. The van der Waals surface area contributed by atoms with E-state index in [2.05, 4.69) is 40.8 Å². The molecule has 0 amide bonds. The van der Waals surface area contributed by atoms with Crippen molar-refractivity contribution in [2.24, 2.45) is 0 Å². The van der Waals surface area contributed by atoms with Gasteiger partial charge in [-0.1, -0.05) is 25.1 Å². The molecule has 1 aliphatic rings. The van der Waals surface area contributed by atoms with Crippen molar-refractivity contribution in [3.05, 3.63) is 48.3 Å². The Kier molecular flexibility index (Phi) is 10.1. The molecule has 2 aromatic rings. The zero-order chi connectivity index (χ0) is 19.4. The molecule has 2 heterocycles. The van der Waals surface area contributed by atoms with E-state index in [0.29, 0.717) is 10.9 Å². The van der Waals surface area contributed by atoms with Crippen LogP contribution in [0.5, 0.6) is 0 Å². The normalized spacial score (nSPS) is 15.6. The first kappa shape index (κ1) is 25.9. The third kappa shape index (κ3) is 6.66. The first-order chi connectivity index (χ1) is 12.9. The van der Waals surface area contributed by atoms with Gasteiger partial charge in [0.15, 0.2) is 9.84 Å². The molecule has 0 bridgehead atoms. The molecule has 1 saturated heterocycles. The third-order valence-corrected chi connectivity index (χ3v) is 7.02. The summed E-state index contributed by atoms with van der Waals surface area (Å²) in [6, 6.07) is 11.8. The lowest BCUT2D eigenvalue weighted by atomic mass is 10.1. The monoisotopic (exact) mass is 459 g/mol. The first-order valence-electron chi connectivity index (χ1n) is 9.63. The van der Waals surface area contributed by atoms with Gasteiger partial charge in [-0.05, 0) is 37.6 Å². The zero-order valence-electron chi connectivity index (χ0n) is 17.2. The maximum atomic E-state index is 11.9. The van der Waals surface area contributed by atoms with Crippen LogP contribution in [0.4, 0.5) is 0 Å². The van der Waals surface area contributed by atoms with Crippen LogP contribution in [-0.4, -0.2) is 61.2 Å². The summed E-state index contributed by atoms with van der Waals surface area (Å²) in [5.74, 6) is 0.119. The van der Waals surface area contributed by atoms with Crippen molar-refractivity contribution in [1.29, 1.82) is 0 Å². The molecule has 0 radical (unpaired) electrons. The lowest BCUT2D eigenvalue weighted by Crippen LogP contribution is -2.48. The summed E-state index contributed by atoms with van der Waals surface area (Å²) >= 11 is 0. The van der Waals surface area contributed by atoms with Gasteiger partial charge in [-0.15, -0.1) is 24.8 Å². The van der Waals surface area contributed by atoms with Crippen molar-refractivity contribution in [1.82, 2.24) is 14.8 Å². The number of rotatable bonds is 6. The standard InChI is InChI=1S/C21H29N3O2S.2ClH/c1-4-27(25,26)21-9-6-18(7-10-21)19-5-8-20(22-15-19)16-23-11-13-24(14-12-23)17(2)3;;/h5-10,15,17H,4,11-14,16H2,1-3H3;2*1H. The fourth-order valence-corrected chi connectivity index (χ4v) is 4.26. The molecule has 29 heavy (non-hydrogen) atoms. The number of piperazine rings is 1. The maximum absolute atomic E-state index is 11.9. The zero-order valence-corrected chi connectivity index (χ0v) is 19.7. The Morgan fingerprint density at radius 1 is 0.931 bits per heavy atom. The Morgan fingerprint density at radius 3 is 2.00 bits per heavy atom. The fraction of sp³-hybridized carbons (Fsp3) is 0.476. The van der Waals surface area contributed by atoms with Crippen LogP contribution in [0.1, 0.15) is 26.5 Å². The van der Waals surface area contributed by atoms with E-state index in [1.54, 1.807) is 19.1 Å². The highest BCUT2D eigenvalue weighted by molar-refractivity contribution is 7.91. The largest absolute Gasteiger partial charge is 0.298 e. The second kappa shape index (κ2) is 11.3. The molecule has 1 aromatic heterocycles. The van der Waals surface area contributed by atoms with Crippen LogP contribution in [0.2, 0.25) is 0 Å². The number of nitrogens with zero attached hydrogens (tertiary/aromatic N) is 3. The Hall–Kier alpha value is -1.18. The molecule has 8 heteroatoms. The SMILES string of the molecule is CCS(=O)(=O)c1ccc(-c2ccc(CN3CCN(C(C)C)CC3)nc2)cc1.Cl.Cl. The Labute approximate surface area is 187 Å². The molecular weight excluding hydrogens is 429 g/mol. The van der Waals surface area contributed by atoms with Crippen molar-refractivity contribution in [3.8, 4) is 11.1 Å². The highest BCUT2D eigenvalue weighted by Crippen LogP contribution is 2.22. The summed E-state index contributed by atoms with van der Waals surface area (Å²) in [6.07, 6.45) is 1.88. The molecular formula is C21H31Cl2N3O2S. The summed E-state index contributed by atoms with van der Waals surface area (Å²) < 4.78 is 23.8. The molecule has 0 unspecified atom stereocenters. The number of pyridine rings is 1. The van der Waals surface area contributed by atoms with E-state index < -0.39 is 9.84 Å². The van der Waals surface area contributed by atoms with E-state index in [4.69, 9.17) is 0 Å². The number of hydrogen-bond donors (Lipinski definition) is 0. The number of benzene rings is 1. The Balaban J connectivity index is 0.00000210. The van der Waals surface area contributed by atoms with Gasteiger partial charge < -0.3 is 0 Å². The number of aromatic nitrogens is 1. The molecule has 0 aliphatic carbocycles. The average molecular weight is 460 g/mol. The second-order valence-electron chi connectivity index (χ2n) is 7.37. The summed E-state index contributed by atoms with van der Waals surface area (Å²) in [7, 11) is -3.15. The van der Waals surface area contributed by atoms with Crippen LogP contribution >= 0.6 is 24.8 Å². The molecule has 3 rings (SSSR count). The topological polar surface area (TPSA) is 53.5 Å². The lowest BCUT2D eigenvalue weighted by molar-refractivity contribution is 0.103. The van der Waals surface area contributed by atoms with E-state index in [1.807, 2.05) is 18.3 Å². The minimum absolute atomic E-state index is 0. The minimum atomic E-state index is -3.15. The average Bonchev–Trinajstić information content (AvgIpc) is 2.69. The predicted octanol–water partition coefficient (Wildman–Crippen LogP) is 3.91. The minimum Gasteiger partial charge on any atom is -0.298 e. The van der Waals surface area contributed by atoms with Crippen LogP contribution in [0, 0.1) is 0 Å². The van der Waals surface area contributed by atoms with E-state index >= 15 is 0 Å². The lowest BCUT2D eigenvalue weighted by Gasteiger charge is -2.36. The van der Waals surface area contributed by atoms with Crippen LogP contribution in [0.15, 0.2) is 47.5 Å². The Bertz CT molecular complexity index is 848. The highest BCUT2D eigenvalue weighted by atomic mass is 35.5. The molecule has 1 fully saturated rings. The van der Waals surface area contributed by atoms with Gasteiger partial charge in [-0.25, -0.2) is 8.42 Å². The molecule has 5 nitrogen and oxygen atoms in total. The van der Waals surface area contributed by atoms with Gasteiger partial charge in [-0.2, -0.15) is 0 Å². The van der Waals surface area contributed by atoms with Gasteiger partial charge in [0, 0.05) is 50.5 Å². The van der Waals surface area contributed by atoms with Crippen molar-refractivity contribution in [2.45, 2.75) is 38.3 Å². The molecule has 0 spiro atoms. The van der Waals surface area contributed by atoms with Gasteiger partial charge in [0.1, 0.15) is 0 Å². The Morgan fingerprint density at radius 2 is 1.52 bits per heavy atom. The molecule has 1 aliphatic heterocycles. The molecule has 1 aromatic carbocycles. The summed E-state index contributed by atoms with van der Waals surface area (Å²) in [4.78, 5) is 9.95. The van der Waals surface area contributed by atoms with Gasteiger partial charge in [0.2, 0.25) is 0 Å². The first-order valence-corrected chi connectivity index (χ1v) is 11.3. The van der Waals surface area contributed by atoms with Gasteiger partial charge in [-0.3, -0.25) is 14.8 Å². The van der Waals surface area contributed by atoms with Crippen LogP contribution in [0.25, 0.3) is 11.1 Å². The summed E-state index contributed by atoms with van der Waals surface area (Å²) in [5.41, 5.74) is 3.06. The van der Waals surface area contributed by atoms with E-state index in [0.717, 1.165) is 49.5 Å². The van der Waals surface area contributed by atoms with Crippen molar-refractivity contribution >= 4 is 34.7 Å². The quantitative estimate of drug-likeness (QED) is 0.654. The predicted molar refractivity (Wildman–Crippen MR) is 124 cm³/mol. The van der Waals surface area contributed by atoms with E-state index in [-0.39, 0.29) is 30.6 Å². The van der Waals surface area contributed by atoms with Gasteiger partial charge in [0.25, 0.3) is 0 Å². The maximum Gasteiger partial charge on any atom is 0.178 e. The van der Waals surface area contributed by atoms with Gasteiger partial charge in [0.05, 0.1) is 16.3 Å². The van der Waals surface area contributed by atoms with E-state index in [9.17, 15) is 8.42 Å².